The smallest absolute Gasteiger partial charge is 0.330 e. The molecule has 82 valence electrons. The van der Waals surface area contributed by atoms with Crippen LogP contribution in [0.4, 0.5) is 0 Å². The maximum absolute atomic E-state index is 10.5. The molecule has 0 saturated heterocycles. The number of carboxylic acid groups (broad SMARTS) is 1. The van der Waals surface area contributed by atoms with Crippen LogP contribution < -0.4 is 0 Å². The molecular weight excluding hydrogens is 182 g/mol. The molecular formula is C10H19NO3. The fourth-order valence-electron chi connectivity index (χ4n) is 0.729. The van der Waals surface area contributed by atoms with Gasteiger partial charge >= 0.3 is 5.97 Å². The van der Waals surface area contributed by atoms with Gasteiger partial charge in [-0.1, -0.05) is 6.08 Å². The molecule has 0 radical (unpaired) electrons. The van der Waals surface area contributed by atoms with Gasteiger partial charge in [0.15, 0.2) is 0 Å². The van der Waals surface area contributed by atoms with E-state index < -0.39 is 5.97 Å². The Labute approximate surface area is 84.8 Å². The van der Waals surface area contributed by atoms with Gasteiger partial charge in [-0.3, -0.25) is 4.90 Å². The van der Waals surface area contributed by atoms with Crippen LogP contribution in [0.25, 0.3) is 0 Å². The minimum atomic E-state index is -0.903. The SMILES string of the molecule is C/C(=C/CN(C)C(C)(C)CO)C(=O)O. The molecule has 14 heavy (non-hydrogen) atoms. The Kier molecular flexibility index (Phi) is 4.80. The van der Waals surface area contributed by atoms with Gasteiger partial charge in [-0.05, 0) is 27.8 Å². The lowest BCUT2D eigenvalue weighted by atomic mass is 10.1. The van der Waals surface area contributed by atoms with Crippen LogP contribution in [0.2, 0.25) is 0 Å². The molecule has 0 amide bonds. The standard InChI is InChI=1S/C10H19NO3/c1-8(9(13)14)5-6-11(4)10(2,3)7-12/h5,12H,6-7H2,1-4H3,(H,13,14)/b8-5-. The zero-order valence-corrected chi connectivity index (χ0v) is 9.24. The first kappa shape index (κ1) is 13.1. The highest BCUT2D eigenvalue weighted by Gasteiger charge is 2.21. The van der Waals surface area contributed by atoms with E-state index in [-0.39, 0.29) is 12.1 Å². The molecule has 0 bridgehead atoms. The molecule has 0 atom stereocenters. The second-order valence-electron chi connectivity index (χ2n) is 4.04. The summed E-state index contributed by atoms with van der Waals surface area (Å²) in [7, 11) is 1.85. The lowest BCUT2D eigenvalue weighted by Gasteiger charge is -2.32. The van der Waals surface area contributed by atoms with Gasteiger partial charge in [-0.15, -0.1) is 0 Å². The molecule has 0 aromatic heterocycles. The summed E-state index contributed by atoms with van der Waals surface area (Å²) in [5.74, 6) is -0.903. The highest BCUT2D eigenvalue weighted by Crippen LogP contribution is 2.10. The van der Waals surface area contributed by atoms with E-state index in [1.165, 1.54) is 0 Å². The van der Waals surface area contributed by atoms with Gasteiger partial charge in [-0.25, -0.2) is 4.79 Å². The first-order valence-corrected chi connectivity index (χ1v) is 4.53. The molecule has 0 rings (SSSR count). The average molecular weight is 201 g/mol. The van der Waals surface area contributed by atoms with Crippen LogP contribution in [0.1, 0.15) is 20.8 Å². The van der Waals surface area contributed by atoms with E-state index in [0.29, 0.717) is 12.1 Å². The fourth-order valence-corrected chi connectivity index (χ4v) is 0.729. The molecule has 0 aliphatic heterocycles. The summed E-state index contributed by atoms with van der Waals surface area (Å²) in [6.45, 7) is 5.92. The van der Waals surface area contributed by atoms with Gasteiger partial charge in [0.05, 0.1) is 6.61 Å². The Bertz CT molecular complexity index is 234. The van der Waals surface area contributed by atoms with Crippen molar-refractivity contribution in [2.75, 3.05) is 20.2 Å². The van der Waals surface area contributed by atoms with Gasteiger partial charge < -0.3 is 10.2 Å². The number of nitrogens with zero attached hydrogens (tertiary/aromatic N) is 1. The molecule has 2 N–H and O–H groups in total. The van der Waals surface area contributed by atoms with Crippen molar-refractivity contribution in [1.29, 1.82) is 0 Å². The van der Waals surface area contributed by atoms with Crippen LogP contribution in [-0.2, 0) is 4.79 Å². The van der Waals surface area contributed by atoms with Crippen molar-refractivity contribution in [3.8, 4) is 0 Å². The molecule has 4 nitrogen and oxygen atoms in total. The summed E-state index contributed by atoms with van der Waals surface area (Å²) in [4.78, 5) is 12.4. The molecule has 0 aliphatic rings. The summed E-state index contributed by atoms with van der Waals surface area (Å²) < 4.78 is 0. The second kappa shape index (κ2) is 5.12. The summed E-state index contributed by atoms with van der Waals surface area (Å²) in [6.07, 6.45) is 1.64. The second-order valence-corrected chi connectivity index (χ2v) is 4.04. The van der Waals surface area contributed by atoms with Crippen molar-refractivity contribution in [1.82, 2.24) is 4.90 Å². The van der Waals surface area contributed by atoms with Gasteiger partial charge in [0, 0.05) is 17.7 Å². The molecule has 0 unspecified atom stereocenters. The quantitative estimate of drug-likeness (QED) is 0.643. The first-order chi connectivity index (χ1) is 6.31. The Morgan fingerprint density at radius 1 is 1.50 bits per heavy atom. The number of hydrogen-bond acceptors (Lipinski definition) is 3. The Balaban J connectivity index is 4.28. The number of carbonyl (C=O) groups is 1. The maximum atomic E-state index is 10.5. The van der Waals surface area contributed by atoms with E-state index in [4.69, 9.17) is 10.2 Å². The Hall–Kier alpha value is -0.870. The van der Waals surface area contributed by atoms with Crippen molar-refractivity contribution in [3.05, 3.63) is 11.6 Å². The maximum Gasteiger partial charge on any atom is 0.330 e. The van der Waals surface area contributed by atoms with Crippen LogP contribution in [-0.4, -0.2) is 46.8 Å². The molecule has 0 heterocycles. The van der Waals surface area contributed by atoms with Crippen LogP contribution in [0.3, 0.4) is 0 Å². The van der Waals surface area contributed by atoms with E-state index >= 15 is 0 Å². The zero-order chi connectivity index (χ0) is 11.4. The Morgan fingerprint density at radius 3 is 2.36 bits per heavy atom. The molecule has 4 heteroatoms. The largest absolute Gasteiger partial charge is 0.478 e. The van der Waals surface area contributed by atoms with E-state index in [1.54, 1.807) is 13.0 Å². The van der Waals surface area contributed by atoms with Crippen LogP contribution in [0, 0.1) is 0 Å². The first-order valence-electron chi connectivity index (χ1n) is 4.53. The minimum Gasteiger partial charge on any atom is -0.478 e. The van der Waals surface area contributed by atoms with Gasteiger partial charge in [-0.2, -0.15) is 0 Å². The molecule has 0 aromatic rings. The van der Waals surface area contributed by atoms with E-state index in [9.17, 15) is 4.79 Å². The van der Waals surface area contributed by atoms with Crippen LogP contribution >= 0.6 is 0 Å². The number of aliphatic carboxylic acids is 1. The molecule has 0 aromatic carbocycles. The summed E-state index contributed by atoms with van der Waals surface area (Å²) in [5, 5.41) is 17.7. The van der Waals surface area contributed by atoms with Gasteiger partial charge in [0.25, 0.3) is 0 Å². The number of rotatable bonds is 5. The summed E-state index contributed by atoms with van der Waals surface area (Å²) in [6, 6.07) is 0. The van der Waals surface area contributed by atoms with Crippen molar-refractivity contribution in [2.45, 2.75) is 26.3 Å². The van der Waals surface area contributed by atoms with Crippen molar-refractivity contribution in [3.63, 3.8) is 0 Å². The molecule has 0 aliphatic carbocycles. The van der Waals surface area contributed by atoms with E-state index in [1.807, 2.05) is 25.8 Å². The van der Waals surface area contributed by atoms with Crippen LogP contribution in [0.5, 0.6) is 0 Å². The van der Waals surface area contributed by atoms with Crippen molar-refractivity contribution >= 4 is 5.97 Å². The Morgan fingerprint density at radius 2 is 2.00 bits per heavy atom. The predicted octanol–water partition coefficient (Wildman–Crippen LogP) is 0.720. The molecule has 0 saturated carbocycles. The van der Waals surface area contributed by atoms with E-state index in [0.717, 1.165) is 0 Å². The third kappa shape index (κ3) is 3.89. The normalized spacial score (nSPS) is 13.4. The summed E-state index contributed by atoms with van der Waals surface area (Å²) >= 11 is 0. The number of likely N-dealkylation sites (N-methyl/N-ethyl adjacent to an activating group) is 1. The lowest BCUT2D eigenvalue weighted by Crippen LogP contribution is -2.44. The number of aliphatic hydroxyl groups is 1. The number of hydrogen-bond donors (Lipinski definition) is 2. The summed E-state index contributed by atoms with van der Waals surface area (Å²) in [5.41, 5.74) is 0.000497. The highest BCUT2D eigenvalue weighted by molar-refractivity contribution is 5.85. The topological polar surface area (TPSA) is 60.8 Å². The average Bonchev–Trinajstić information content (AvgIpc) is 2.13. The number of carboxylic acids is 1. The fraction of sp³-hybridized carbons (Fsp3) is 0.700. The minimum absolute atomic E-state index is 0.0451. The predicted molar refractivity (Wildman–Crippen MR) is 55.2 cm³/mol. The third-order valence-electron chi connectivity index (χ3n) is 2.43. The third-order valence-corrected chi connectivity index (χ3v) is 2.43. The molecule has 0 fully saturated rings. The zero-order valence-electron chi connectivity index (χ0n) is 9.24. The molecule has 0 spiro atoms. The van der Waals surface area contributed by atoms with E-state index in [2.05, 4.69) is 0 Å². The lowest BCUT2D eigenvalue weighted by molar-refractivity contribution is -0.132. The van der Waals surface area contributed by atoms with Gasteiger partial charge in [0.2, 0.25) is 0 Å². The van der Waals surface area contributed by atoms with Crippen LogP contribution in [0.15, 0.2) is 11.6 Å². The monoisotopic (exact) mass is 201 g/mol. The van der Waals surface area contributed by atoms with Gasteiger partial charge in [0.1, 0.15) is 0 Å². The highest BCUT2D eigenvalue weighted by atomic mass is 16.4. The van der Waals surface area contributed by atoms with Crippen molar-refractivity contribution < 1.29 is 15.0 Å². The van der Waals surface area contributed by atoms with Crippen molar-refractivity contribution in [2.24, 2.45) is 0 Å². The number of aliphatic hydroxyl groups excluding tert-OH is 1.